The molecule has 5 rings (SSSR count). The van der Waals surface area contributed by atoms with E-state index in [2.05, 4.69) is 5.32 Å². The fourth-order valence-corrected chi connectivity index (χ4v) is 3.83. The monoisotopic (exact) mass is 477 g/mol. The number of carbonyl (C=O) groups is 3. The minimum atomic E-state index is -3.60. The van der Waals surface area contributed by atoms with E-state index in [0.29, 0.717) is 31.2 Å². The zero-order chi connectivity index (χ0) is 33.4. The first-order chi connectivity index (χ1) is 20.9. The molecular weight excluding hydrogens is 439 g/mol. The first-order valence-corrected chi connectivity index (χ1v) is 10.5. The van der Waals surface area contributed by atoms with E-state index >= 15 is 4.39 Å². The van der Waals surface area contributed by atoms with Crippen molar-refractivity contribution in [1.29, 1.82) is 0 Å². The van der Waals surface area contributed by atoms with E-state index in [9.17, 15) is 14.4 Å². The lowest BCUT2D eigenvalue weighted by molar-refractivity contribution is -0.136. The Morgan fingerprint density at radius 1 is 1.24 bits per heavy atom. The van der Waals surface area contributed by atoms with Gasteiger partial charge in [0.2, 0.25) is 11.8 Å². The Morgan fingerprint density at radius 2 is 2.06 bits per heavy atom. The van der Waals surface area contributed by atoms with Crippen molar-refractivity contribution in [2.24, 2.45) is 0 Å². The lowest BCUT2D eigenvalue weighted by atomic mass is 10.0. The highest BCUT2D eigenvalue weighted by atomic mass is 19.1. The Morgan fingerprint density at radius 3 is 2.88 bits per heavy atom. The standard InChI is InChI=1S/C25H27FN4O4/c26-20-12-16(14-29-8-10-34-11-9-29)4-5-17(20)13-27-21-3-1-2-18-19(21)15-30(25(18)33)22-6-7-23(31)28-24(22)32/h1-5,12,22,27H,6-11,13-15H2,(H,28,31,32)/t22-/m1/s1/i1D,2D,3D,4D,5D,6D2,7D2,12D,22D. The molecule has 0 unspecified atom stereocenters. The van der Waals surface area contributed by atoms with Gasteiger partial charge in [-0.25, -0.2) is 4.39 Å². The van der Waals surface area contributed by atoms with Crippen LogP contribution in [-0.4, -0.2) is 59.8 Å². The number of rotatable bonds is 6. The van der Waals surface area contributed by atoms with Gasteiger partial charge >= 0.3 is 0 Å². The number of nitrogens with one attached hydrogen (secondary N) is 2. The van der Waals surface area contributed by atoms with E-state index in [-0.39, 0.29) is 23.4 Å². The molecule has 0 aromatic heterocycles. The normalized spacial score (nSPS) is 30.7. The number of amides is 3. The van der Waals surface area contributed by atoms with Gasteiger partial charge in [0.25, 0.3) is 5.91 Å². The van der Waals surface area contributed by atoms with Gasteiger partial charge in [-0.15, -0.1) is 0 Å². The third-order valence-electron chi connectivity index (χ3n) is 5.58. The van der Waals surface area contributed by atoms with Crippen LogP contribution in [0.2, 0.25) is 0 Å². The minimum Gasteiger partial charge on any atom is -0.381 e. The third-order valence-corrected chi connectivity index (χ3v) is 5.58. The van der Waals surface area contributed by atoms with Gasteiger partial charge in [-0.05, 0) is 30.1 Å². The Hall–Kier alpha value is -3.30. The molecule has 0 saturated carbocycles. The highest BCUT2D eigenvalue weighted by molar-refractivity contribution is 6.06. The summed E-state index contributed by atoms with van der Waals surface area (Å²) in [6.07, 6.45) is -7.04. The number of benzene rings is 2. The molecule has 0 radical (unpaired) electrons. The molecule has 3 aliphatic heterocycles. The molecule has 178 valence electrons. The predicted molar refractivity (Wildman–Crippen MR) is 122 cm³/mol. The maximum Gasteiger partial charge on any atom is 0.255 e. The number of halogens is 1. The van der Waals surface area contributed by atoms with Gasteiger partial charge in [-0.1, -0.05) is 18.1 Å². The summed E-state index contributed by atoms with van der Waals surface area (Å²) in [6.45, 7) is 0.438. The van der Waals surface area contributed by atoms with Crippen LogP contribution in [0.15, 0.2) is 36.3 Å². The number of piperidine rings is 1. The molecule has 3 heterocycles. The number of imide groups is 1. The number of nitrogens with zero attached hydrogens (tertiary/aromatic N) is 2. The fourth-order valence-electron chi connectivity index (χ4n) is 3.83. The Bertz CT molecular complexity index is 1620. The van der Waals surface area contributed by atoms with Gasteiger partial charge in [-0.3, -0.25) is 24.6 Å². The summed E-state index contributed by atoms with van der Waals surface area (Å²) in [5.74, 6) is -5.72. The van der Waals surface area contributed by atoms with Crippen molar-refractivity contribution in [3.8, 4) is 0 Å². The third kappa shape index (κ3) is 4.53. The van der Waals surface area contributed by atoms with E-state index in [1.165, 1.54) is 0 Å². The molecule has 2 aromatic carbocycles. The molecule has 3 aliphatic rings. The molecule has 0 aliphatic carbocycles. The SMILES string of the molecule is [2H]c1c([2H])c(NCc2c([2H])c([2H])c(CN3CCOCC3)c([2H])c2F)c2c(c1[2H])C(=O)N([C@@]1([2H])C(=O)NC(=O)C([2H])([2H])C1([2H])[2H])C2. The van der Waals surface area contributed by atoms with Crippen LogP contribution >= 0.6 is 0 Å². The summed E-state index contributed by atoms with van der Waals surface area (Å²) in [5, 5.41) is 4.21. The Balaban J connectivity index is 1.52. The van der Waals surface area contributed by atoms with E-state index in [1.807, 2.05) is 4.90 Å². The van der Waals surface area contributed by atoms with Crippen LogP contribution < -0.4 is 10.6 Å². The Kier molecular flexibility index (Phi) is 3.63. The fraction of sp³-hybridized carbons (Fsp3) is 0.400. The van der Waals surface area contributed by atoms with Gasteiger partial charge in [0.05, 0.1) is 22.8 Å². The molecule has 2 fully saturated rings. The van der Waals surface area contributed by atoms with Gasteiger partial charge in [-0.2, -0.15) is 0 Å². The van der Waals surface area contributed by atoms with Crippen molar-refractivity contribution in [3.63, 3.8) is 0 Å². The van der Waals surface area contributed by atoms with Crippen molar-refractivity contribution in [2.75, 3.05) is 31.6 Å². The minimum absolute atomic E-state index is 0.00224. The van der Waals surface area contributed by atoms with Gasteiger partial charge in [0.15, 0.2) is 0 Å². The first-order valence-electron chi connectivity index (χ1n) is 16.0. The van der Waals surface area contributed by atoms with Crippen molar-refractivity contribution in [3.05, 3.63) is 64.3 Å². The van der Waals surface area contributed by atoms with Crippen LogP contribution in [0.1, 0.15) is 54.9 Å². The molecule has 34 heavy (non-hydrogen) atoms. The number of ether oxygens (including phenoxy) is 1. The molecule has 2 aromatic rings. The number of carbonyl (C=O) groups excluding carboxylic acids is 3. The summed E-state index contributed by atoms with van der Waals surface area (Å²) >= 11 is 0. The summed E-state index contributed by atoms with van der Waals surface area (Å²) < 4.78 is 112. The number of morpholine rings is 1. The highest BCUT2D eigenvalue weighted by Gasteiger charge is 2.39. The molecule has 1 atom stereocenters. The van der Waals surface area contributed by atoms with E-state index < -0.39 is 103 Å². The van der Waals surface area contributed by atoms with Gasteiger partial charge in [0.1, 0.15) is 11.8 Å². The molecule has 0 spiro atoms. The second kappa shape index (κ2) is 9.52. The number of hydrogen-bond donors (Lipinski definition) is 2. The second-order valence-corrected chi connectivity index (χ2v) is 7.76. The maximum absolute atomic E-state index is 15.5. The van der Waals surface area contributed by atoms with E-state index in [1.54, 1.807) is 5.32 Å². The maximum atomic E-state index is 15.5. The predicted octanol–water partition coefficient (Wildman–Crippen LogP) is 2.03. The molecule has 9 heteroatoms. The molecule has 2 N–H and O–H groups in total. The van der Waals surface area contributed by atoms with Gasteiger partial charge < -0.3 is 15.0 Å². The quantitative estimate of drug-likeness (QED) is 0.619. The number of anilines is 1. The summed E-state index contributed by atoms with van der Waals surface area (Å²) in [7, 11) is 0. The van der Waals surface area contributed by atoms with Crippen molar-refractivity contribution in [2.45, 2.75) is 38.4 Å². The van der Waals surface area contributed by atoms with E-state index in [4.69, 9.17) is 19.8 Å². The zero-order valence-electron chi connectivity index (χ0n) is 28.9. The lowest BCUT2D eigenvalue weighted by Crippen LogP contribution is -2.52. The molecule has 8 nitrogen and oxygen atoms in total. The topological polar surface area (TPSA) is 91.0 Å². The van der Waals surface area contributed by atoms with Crippen LogP contribution in [0.5, 0.6) is 0 Å². The average molecular weight is 478 g/mol. The van der Waals surface area contributed by atoms with Crippen LogP contribution in [-0.2, 0) is 34.0 Å². The molecule has 2 saturated heterocycles. The number of hydrogen-bond acceptors (Lipinski definition) is 6. The second-order valence-electron chi connectivity index (χ2n) is 7.76. The van der Waals surface area contributed by atoms with Crippen molar-refractivity contribution < 1.29 is 38.6 Å². The number of fused-ring (bicyclic) bond motifs is 1. The molecule has 0 bridgehead atoms. The van der Waals surface area contributed by atoms with Crippen LogP contribution in [0, 0.1) is 5.82 Å². The van der Waals surface area contributed by atoms with Crippen LogP contribution in [0.4, 0.5) is 10.1 Å². The average Bonchev–Trinajstić information content (AvgIpc) is 3.34. The molecular formula is C25H27FN4O4. The summed E-state index contributed by atoms with van der Waals surface area (Å²) in [5.41, 5.74) is -1.64. The zero-order valence-corrected chi connectivity index (χ0v) is 17.9. The summed E-state index contributed by atoms with van der Waals surface area (Å²) in [4.78, 5) is 40.6. The summed E-state index contributed by atoms with van der Waals surface area (Å²) in [6, 6.07) is -7.17. The van der Waals surface area contributed by atoms with Crippen LogP contribution in [0.25, 0.3) is 0 Å². The lowest BCUT2D eigenvalue weighted by Gasteiger charge is -2.29. The van der Waals surface area contributed by atoms with Gasteiger partial charge in [0, 0.05) is 67.0 Å². The van der Waals surface area contributed by atoms with E-state index in [0.717, 1.165) is 0 Å². The smallest absolute Gasteiger partial charge is 0.255 e. The van der Waals surface area contributed by atoms with Crippen molar-refractivity contribution in [1.82, 2.24) is 15.1 Å². The Labute approximate surface area is 212 Å². The largest absolute Gasteiger partial charge is 0.381 e. The molecule has 3 amide bonds. The van der Waals surface area contributed by atoms with Crippen LogP contribution in [0.3, 0.4) is 0 Å². The first kappa shape index (κ1) is 13.0. The van der Waals surface area contributed by atoms with Crippen molar-refractivity contribution >= 4 is 23.4 Å². The highest BCUT2D eigenvalue weighted by Crippen LogP contribution is 2.32.